The van der Waals surface area contributed by atoms with Crippen LogP contribution in [-0.2, 0) is 6.54 Å². The summed E-state index contributed by atoms with van der Waals surface area (Å²) in [5, 5.41) is 10.3. The number of H-pyrrole nitrogens is 1. The Labute approximate surface area is 142 Å². The standard InChI is InChI=1S/C19H24N4O/c24-19(18-12-17(21-22-18)15-6-7-15)20-16-8-10-23(11-9-16)13-14-4-2-1-3-5-14/h1-5,12,15-16H,6-11,13H2,(H,20,24)(H,21,22). The number of aromatic amines is 1. The van der Waals surface area contributed by atoms with Crippen LogP contribution in [0.15, 0.2) is 36.4 Å². The summed E-state index contributed by atoms with van der Waals surface area (Å²) in [6.45, 7) is 3.03. The maximum absolute atomic E-state index is 12.3. The van der Waals surface area contributed by atoms with E-state index in [9.17, 15) is 4.79 Å². The summed E-state index contributed by atoms with van der Waals surface area (Å²) in [5.41, 5.74) is 2.99. The Kier molecular flexibility index (Phi) is 4.34. The Hall–Kier alpha value is -2.14. The molecule has 0 bridgehead atoms. The highest BCUT2D eigenvalue weighted by Crippen LogP contribution is 2.38. The lowest BCUT2D eigenvalue weighted by atomic mass is 10.0. The van der Waals surface area contributed by atoms with Crippen molar-refractivity contribution < 1.29 is 4.79 Å². The zero-order valence-electron chi connectivity index (χ0n) is 13.9. The Balaban J connectivity index is 1.25. The average Bonchev–Trinajstić information content (AvgIpc) is 3.34. The van der Waals surface area contributed by atoms with Gasteiger partial charge in [0.25, 0.3) is 5.91 Å². The Morgan fingerprint density at radius 1 is 1.17 bits per heavy atom. The molecular weight excluding hydrogens is 300 g/mol. The molecule has 4 rings (SSSR count). The monoisotopic (exact) mass is 324 g/mol. The van der Waals surface area contributed by atoms with Crippen LogP contribution in [-0.4, -0.2) is 40.1 Å². The van der Waals surface area contributed by atoms with Gasteiger partial charge in [0.2, 0.25) is 0 Å². The highest BCUT2D eigenvalue weighted by molar-refractivity contribution is 5.92. The fourth-order valence-corrected chi connectivity index (χ4v) is 3.39. The largest absolute Gasteiger partial charge is 0.348 e. The molecule has 2 aromatic rings. The Bertz CT molecular complexity index is 684. The summed E-state index contributed by atoms with van der Waals surface area (Å²) in [7, 11) is 0. The second kappa shape index (κ2) is 6.77. The van der Waals surface area contributed by atoms with Crippen LogP contribution in [0.5, 0.6) is 0 Å². The summed E-state index contributed by atoms with van der Waals surface area (Å²) in [6, 6.07) is 12.7. The summed E-state index contributed by atoms with van der Waals surface area (Å²) in [6.07, 6.45) is 4.42. The van der Waals surface area contributed by atoms with Crippen molar-refractivity contribution in [2.24, 2.45) is 0 Å². The molecule has 2 heterocycles. The second-order valence-corrected chi connectivity index (χ2v) is 6.99. The summed E-state index contributed by atoms with van der Waals surface area (Å²) >= 11 is 0. The summed E-state index contributed by atoms with van der Waals surface area (Å²) < 4.78 is 0. The number of aromatic nitrogens is 2. The number of hydrogen-bond donors (Lipinski definition) is 2. The number of nitrogens with zero attached hydrogens (tertiary/aromatic N) is 2. The van der Waals surface area contributed by atoms with Gasteiger partial charge < -0.3 is 5.32 Å². The van der Waals surface area contributed by atoms with Gasteiger partial charge in [-0.25, -0.2) is 0 Å². The molecule has 1 saturated carbocycles. The first-order valence-electron chi connectivity index (χ1n) is 8.90. The first kappa shape index (κ1) is 15.4. The molecule has 1 amide bonds. The van der Waals surface area contributed by atoms with Crippen LogP contribution in [0.2, 0.25) is 0 Å². The van der Waals surface area contributed by atoms with Crippen LogP contribution >= 0.6 is 0 Å². The van der Waals surface area contributed by atoms with Gasteiger partial charge in [0.1, 0.15) is 5.69 Å². The van der Waals surface area contributed by atoms with Crippen LogP contribution in [0, 0.1) is 0 Å². The quantitative estimate of drug-likeness (QED) is 0.889. The van der Waals surface area contributed by atoms with Crippen molar-refractivity contribution in [2.45, 2.75) is 44.2 Å². The van der Waals surface area contributed by atoms with Crippen LogP contribution in [0.3, 0.4) is 0 Å². The van der Waals surface area contributed by atoms with E-state index in [-0.39, 0.29) is 11.9 Å². The summed E-state index contributed by atoms with van der Waals surface area (Å²) in [4.78, 5) is 14.8. The van der Waals surface area contributed by atoms with Crippen molar-refractivity contribution in [1.29, 1.82) is 0 Å². The van der Waals surface area contributed by atoms with Gasteiger partial charge in [-0.1, -0.05) is 30.3 Å². The minimum Gasteiger partial charge on any atom is -0.348 e. The zero-order valence-corrected chi connectivity index (χ0v) is 13.9. The second-order valence-electron chi connectivity index (χ2n) is 6.99. The highest BCUT2D eigenvalue weighted by Gasteiger charge is 2.27. The first-order valence-corrected chi connectivity index (χ1v) is 8.90. The van der Waals surface area contributed by atoms with Crippen LogP contribution in [0.1, 0.15) is 53.3 Å². The lowest BCUT2D eigenvalue weighted by Gasteiger charge is -2.32. The van der Waals surface area contributed by atoms with Crippen molar-refractivity contribution in [2.75, 3.05) is 13.1 Å². The average molecular weight is 324 g/mol. The molecule has 1 aromatic heterocycles. The van der Waals surface area contributed by atoms with E-state index in [0.717, 1.165) is 38.2 Å². The number of likely N-dealkylation sites (tertiary alicyclic amines) is 1. The normalized spacial score (nSPS) is 19.3. The van der Waals surface area contributed by atoms with Gasteiger partial charge >= 0.3 is 0 Å². The maximum Gasteiger partial charge on any atom is 0.271 e. The van der Waals surface area contributed by atoms with Gasteiger partial charge in [0.15, 0.2) is 0 Å². The molecule has 0 atom stereocenters. The van der Waals surface area contributed by atoms with Gasteiger partial charge in [-0.3, -0.25) is 14.8 Å². The maximum atomic E-state index is 12.3. The van der Waals surface area contributed by atoms with E-state index in [4.69, 9.17) is 0 Å². The number of carbonyl (C=O) groups is 1. The molecule has 126 valence electrons. The molecule has 1 aliphatic carbocycles. The Morgan fingerprint density at radius 3 is 2.62 bits per heavy atom. The van der Waals surface area contributed by atoms with E-state index >= 15 is 0 Å². The van der Waals surface area contributed by atoms with Gasteiger partial charge in [0, 0.05) is 37.3 Å². The minimum atomic E-state index is -0.0420. The molecule has 0 spiro atoms. The molecule has 2 fully saturated rings. The molecule has 1 saturated heterocycles. The van der Waals surface area contributed by atoms with Gasteiger partial charge in [-0.15, -0.1) is 0 Å². The van der Waals surface area contributed by atoms with E-state index in [2.05, 4.69) is 50.7 Å². The van der Waals surface area contributed by atoms with Gasteiger partial charge in [-0.05, 0) is 37.3 Å². The van der Waals surface area contributed by atoms with E-state index in [1.165, 1.54) is 18.4 Å². The van der Waals surface area contributed by atoms with Crippen molar-refractivity contribution in [3.05, 3.63) is 53.3 Å². The number of hydrogen-bond acceptors (Lipinski definition) is 3. The predicted octanol–water partition coefficient (Wildman–Crippen LogP) is 2.68. The van der Waals surface area contributed by atoms with Crippen LogP contribution < -0.4 is 5.32 Å². The lowest BCUT2D eigenvalue weighted by Crippen LogP contribution is -2.44. The molecule has 24 heavy (non-hydrogen) atoms. The first-order chi connectivity index (χ1) is 11.8. The van der Waals surface area contributed by atoms with Crippen molar-refractivity contribution in [1.82, 2.24) is 20.4 Å². The molecule has 2 aliphatic rings. The number of benzene rings is 1. The molecular formula is C19H24N4O. The molecule has 1 aromatic carbocycles. The van der Waals surface area contributed by atoms with Crippen molar-refractivity contribution in [3.8, 4) is 0 Å². The van der Waals surface area contributed by atoms with Crippen LogP contribution in [0.4, 0.5) is 0 Å². The Morgan fingerprint density at radius 2 is 1.92 bits per heavy atom. The van der Waals surface area contributed by atoms with Crippen LogP contribution in [0.25, 0.3) is 0 Å². The van der Waals surface area contributed by atoms with Gasteiger partial charge in [-0.2, -0.15) is 5.10 Å². The number of amides is 1. The minimum absolute atomic E-state index is 0.0420. The third-order valence-electron chi connectivity index (χ3n) is 5.02. The molecule has 5 nitrogen and oxygen atoms in total. The predicted molar refractivity (Wildman–Crippen MR) is 92.8 cm³/mol. The fraction of sp³-hybridized carbons (Fsp3) is 0.474. The fourth-order valence-electron chi connectivity index (χ4n) is 3.39. The van der Waals surface area contributed by atoms with Crippen molar-refractivity contribution in [3.63, 3.8) is 0 Å². The SMILES string of the molecule is O=C(NC1CCN(Cc2ccccc2)CC1)c1cc(C2CC2)[nH]n1. The highest BCUT2D eigenvalue weighted by atomic mass is 16.2. The number of nitrogens with one attached hydrogen (secondary N) is 2. The molecule has 2 N–H and O–H groups in total. The zero-order chi connectivity index (χ0) is 16.4. The number of carbonyl (C=O) groups excluding carboxylic acids is 1. The van der Waals surface area contributed by atoms with Crippen molar-refractivity contribution >= 4 is 5.91 Å². The van der Waals surface area contributed by atoms with E-state index in [1.807, 2.05) is 6.07 Å². The molecule has 0 unspecified atom stereocenters. The smallest absolute Gasteiger partial charge is 0.271 e. The molecule has 0 radical (unpaired) electrons. The summed E-state index contributed by atoms with van der Waals surface area (Å²) in [5.74, 6) is 0.555. The number of rotatable bonds is 5. The van der Waals surface area contributed by atoms with E-state index in [0.29, 0.717) is 11.6 Å². The molecule has 1 aliphatic heterocycles. The van der Waals surface area contributed by atoms with E-state index in [1.54, 1.807) is 0 Å². The topological polar surface area (TPSA) is 61.0 Å². The number of piperidine rings is 1. The van der Waals surface area contributed by atoms with Gasteiger partial charge in [0.05, 0.1) is 0 Å². The van der Waals surface area contributed by atoms with E-state index < -0.39 is 0 Å². The third-order valence-corrected chi connectivity index (χ3v) is 5.02. The molecule has 5 heteroatoms. The lowest BCUT2D eigenvalue weighted by molar-refractivity contribution is 0.0904. The third kappa shape index (κ3) is 3.67.